The first-order valence-corrected chi connectivity index (χ1v) is 7.11. The van der Waals surface area contributed by atoms with Crippen LogP contribution in [0.5, 0.6) is 0 Å². The molecule has 0 fully saturated rings. The van der Waals surface area contributed by atoms with Crippen LogP contribution in [0.4, 0.5) is 5.95 Å². The highest BCUT2D eigenvalue weighted by atomic mass is 32.2. The summed E-state index contributed by atoms with van der Waals surface area (Å²) >= 11 is 2.82. The molecule has 8 heteroatoms. The number of aromatic nitrogens is 2. The summed E-state index contributed by atoms with van der Waals surface area (Å²) in [5, 5.41) is 3.57. The fourth-order valence-corrected chi connectivity index (χ4v) is 2.97. The number of nitrogens with two attached hydrogens (primary N) is 1. The van der Waals surface area contributed by atoms with Crippen molar-refractivity contribution >= 4 is 45.2 Å². The number of anilines is 1. The molecule has 0 bridgehead atoms. The van der Waals surface area contributed by atoms with Gasteiger partial charge in [-0.2, -0.15) is 0 Å². The van der Waals surface area contributed by atoms with E-state index in [1.807, 2.05) is 11.4 Å². The molecular formula is C10H12N4O2S2. The number of hydrazine groups is 1. The maximum Gasteiger partial charge on any atom is 0.316 e. The van der Waals surface area contributed by atoms with E-state index >= 15 is 0 Å². The standard InChI is InChI=1S/C10H12N4O2S2/c1-2-16-7(15)5-18-9-6-3-4-17-8(6)12-10(13-9)14-11/h3-4H,2,5,11H2,1H3,(H,12,13,14). The Morgan fingerprint density at radius 3 is 3.17 bits per heavy atom. The van der Waals surface area contributed by atoms with Gasteiger partial charge in [-0.1, -0.05) is 11.8 Å². The van der Waals surface area contributed by atoms with Crippen LogP contribution in [0.1, 0.15) is 6.92 Å². The molecule has 0 radical (unpaired) electrons. The van der Waals surface area contributed by atoms with E-state index in [0.717, 1.165) is 15.2 Å². The average molecular weight is 284 g/mol. The lowest BCUT2D eigenvalue weighted by atomic mass is 10.4. The summed E-state index contributed by atoms with van der Waals surface area (Å²) in [7, 11) is 0. The maximum atomic E-state index is 11.3. The molecule has 2 rings (SSSR count). The van der Waals surface area contributed by atoms with E-state index in [9.17, 15) is 4.79 Å². The molecular weight excluding hydrogens is 272 g/mol. The Bertz CT molecular complexity index is 558. The van der Waals surface area contributed by atoms with E-state index in [-0.39, 0.29) is 11.7 Å². The first kappa shape index (κ1) is 13.1. The predicted octanol–water partition coefficient (Wildman–Crippen LogP) is 1.63. The van der Waals surface area contributed by atoms with Crippen LogP contribution in [0.25, 0.3) is 10.2 Å². The highest BCUT2D eigenvalue weighted by molar-refractivity contribution is 8.00. The SMILES string of the molecule is CCOC(=O)CSc1nc(NN)nc2sccc12. The largest absolute Gasteiger partial charge is 0.465 e. The molecule has 18 heavy (non-hydrogen) atoms. The molecule has 2 aromatic rings. The molecule has 0 saturated carbocycles. The monoisotopic (exact) mass is 284 g/mol. The number of esters is 1. The summed E-state index contributed by atoms with van der Waals surface area (Å²) in [4.78, 5) is 20.6. The van der Waals surface area contributed by atoms with Gasteiger partial charge in [0.15, 0.2) is 0 Å². The zero-order valence-corrected chi connectivity index (χ0v) is 11.3. The van der Waals surface area contributed by atoms with Crippen molar-refractivity contribution < 1.29 is 9.53 Å². The van der Waals surface area contributed by atoms with Gasteiger partial charge in [-0.15, -0.1) is 11.3 Å². The third-order valence-electron chi connectivity index (χ3n) is 2.05. The van der Waals surface area contributed by atoms with Gasteiger partial charge < -0.3 is 4.74 Å². The highest BCUT2D eigenvalue weighted by Crippen LogP contribution is 2.29. The first-order valence-electron chi connectivity index (χ1n) is 5.25. The number of hydrogen-bond acceptors (Lipinski definition) is 8. The maximum absolute atomic E-state index is 11.3. The molecule has 3 N–H and O–H groups in total. The highest BCUT2D eigenvalue weighted by Gasteiger charge is 2.11. The van der Waals surface area contributed by atoms with E-state index in [2.05, 4.69) is 15.4 Å². The van der Waals surface area contributed by atoms with Crippen molar-refractivity contribution in [3.8, 4) is 0 Å². The number of nitrogens with one attached hydrogen (secondary N) is 1. The number of thiophene rings is 1. The number of thioether (sulfide) groups is 1. The van der Waals surface area contributed by atoms with Gasteiger partial charge in [0.1, 0.15) is 9.86 Å². The van der Waals surface area contributed by atoms with E-state index in [4.69, 9.17) is 10.6 Å². The van der Waals surface area contributed by atoms with Gasteiger partial charge in [0.05, 0.1) is 12.4 Å². The van der Waals surface area contributed by atoms with Crippen LogP contribution in [0.2, 0.25) is 0 Å². The van der Waals surface area contributed by atoms with Crippen molar-refractivity contribution in [1.29, 1.82) is 0 Å². The molecule has 0 aromatic carbocycles. The summed E-state index contributed by atoms with van der Waals surface area (Å²) < 4.78 is 4.87. The molecule has 0 aliphatic heterocycles. The van der Waals surface area contributed by atoms with Gasteiger partial charge >= 0.3 is 5.97 Å². The van der Waals surface area contributed by atoms with Crippen LogP contribution in [-0.2, 0) is 9.53 Å². The van der Waals surface area contributed by atoms with Crippen LogP contribution in [-0.4, -0.2) is 28.3 Å². The minimum Gasteiger partial charge on any atom is -0.465 e. The first-order chi connectivity index (χ1) is 8.74. The molecule has 2 aromatic heterocycles. The van der Waals surface area contributed by atoms with E-state index < -0.39 is 0 Å². The van der Waals surface area contributed by atoms with Crippen LogP contribution < -0.4 is 11.3 Å². The molecule has 96 valence electrons. The van der Waals surface area contributed by atoms with Crippen molar-refractivity contribution in [2.45, 2.75) is 11.9 Å². The number of fused-ring (bicyclic) bond motifs is 1. The second kappa shape index (κ2) is 5.98. The molecule has 0 atom stereocenters. The Labute approximate surface area is 112 Å². The van der Waals surface area contributed by atoms with Gasteiger partial charge in [0.2, 0.25) is 5.95 Å². The second-order valence-electron chi connectivity index (χ2n) is 3.23. The number of nitrogens with zero attached hydrogens (tertiary/aromatic N) is 2. The molecule has 6 nitrogen and oxygen atoms in total. The molecule has 0 spiro atoms. The molecule has 2 heterocycles. The molecule has 0 saturated heterocycles. The zero-order chi connectivity index (χ0) is 13.0. The summed E-state index contributed by atoms with van der Waals surface area (Å²) in [5.74, 6) is 5.62. The van der Waals surface area contributed by atoms with Crippen LogP contribution in [0.3, 0.4) is 0 Å². The number of nitrogen functional groups attached to an aromatic ring is 1. The summed E-state index contributed by atoms with van der Waals surface area (Å²) in [6.07, 6.45) is 0. The molecule has 0 amide bonds. The fourth-order valence-electron chi connectivity index (χ4n) is 1.33. The summed E-state index contributed by atoms with van der Waals surface area (Å²) in [5.41, 5.74) is 2.42. The lowest BCUT2D eigenvalue weighted by molar-refractivity contribution is -0.139. The molecule has 0 aliphatic carbocycles. The average Bonchev–Trinajstić information content (AvgIpc) is 2.84. The number of hydrogen-bond donors (Lipinski definition) is 2. The lowest BCUT2D eigenvalue weighted by Gasteiger charge is -2.05. The number of ether oxygens (including phenoxy) is 1. The fraction of sp³-hybridized carbons (Fsp3) is 0.300. The Balaban J connectivity index is 2.20. The zero-order valence-electron chi connectivity index (χ0n) is 9.67. The Morgan fingerprint density at radius 2 is 2.44 bits per heavy atom. The van der Waals surface area contributed by atoms with Crippen LogP contribution in [0.15, 0.2) is 16.5 Å². The van der Waals surface area contributed by atoms with E-state index in [0.29, 0.717) is 12.6 Å². The van der Waals surface area contributed by atoms with Crippen LogP contribution in [0, 0.1) is 0 Å². The quantitative estimate of drug-likeness (QED) is 0.283. The normalized spacial score (nSPS) is 10.6. The van der Waals surface area contributed by atoms with Gasteiger partial charge in [0, 0.05) is 5.39 Å². The summed E-state index contributed by atoms with van der Waals surface area (Å²) in [6.45, 7) is 2.16. The third kappa shape index (κ3) is 2.89. The van der Waals surface area contributed by atoms with Crippen molar-refractivity contribution in [1.82, 2.24) is 9.97 Å². The van der Waals surface area contributed by atoms with Crippen molar-refractivity contribution in [2.24, 2.45) is 5.84 Å². The van der Waals surface area contributed by atoms with Crippen molar-refractivity contribution in [2.75, 3.05) is 17.8 Å². The van der Waals surface area contributed by atoms with Gasteiger partial charge in [0.25, 0.3) is 0 Å². The van der Waals surface area contributed by atoms with Gasteiger partial charge in [-0.05, 0) is 18.4 Å². The third-order valence-corrected chi connectivity index (χ3v) is 3.82. The van der Waals surface area contributed by atoms with Crippen molar-refractivity contribution in [3.63, 3.8) is 0 Å². The number of rotatable bonds is 5. The molecule has 0 unspecified atom stereocenters. The molecule has 0 aliphatic rings. The van der Waals surface area contributed by atoms with E-state index in [1.165, 1.54) is 23.1 Å². The van der Waals surface area contributed by atoms with Gasteiger partial charge in [-0.25, -0.2) is 15.8 Å². The Kier molecular flexibility index (Phi) is 4.34. The predicted molar refractivity (Wildman–Crippen MR) is 72.6 cm³/mol. The van der Waals surface area contributed by atoms with E-state index in [1.54, 1.807) is 6.92 Å². The number of carbonyl (C=O) groups is 1. The topological polar surface area (TPSA) is 90.1 Å². The lowest BCUT2D eigenvalue weighted by Crippen LogP contribution is -2.11. The minimum absolute atomic E-state index is 0.222. The summed E-state index contributed by atoms with van der Waals surface area (Å²) in [6, 6.07) is 1.92. The van der Waals surface area contributed by atoms with Gasteiger partial charge in [-0.3, -0.25) is 10.2 Å². The second-order valence-corrected chi connectivity index (χ2v) is 5.09. The Morgan fingerprint density at radius 1 is 1.61 bits per heavy atom. The Hall–Kier alpha value is -1.38. The number of carbonyl (C=O) groups excluding carboxylic acids is 1. The smallest absolute Gasteiger partial charge is 0.316 e. The van der Waals surface area contributed by atoms with Crippen LogP contribution >= 0.6 is 23.1 Å². The van der Waals surface area contributed by atoms with Crippen molar-refractivity contribution in [3.05, 3.63) is 11.4 Å². The minimum atomic E-state index is -0.258.